The molecule has 8 heteroatoms. The van der Waals surface area contributed by atoms with E-state index in [1.54, 1.807) is 12.1 Å². The Morgan fingerprint density at radius 1 is 1.04 bits per heavy atom. The zero-order valence-corrected chi connectivity index (χ0v) is 15.9. The van der Waals surface area contributed by atoms with E-state index in [2.05, 4.69) is 0 Å². The first-order valence-corrected chi connectivity index (χ1v) is 9.18. The van der Waals surface area contributed by atoms with Gasteiger partial charge in [0.25, 0.3) is 0 Å². The fourth-order valence-electron chi connectivity index (χ4n) is 2.98. The Kier molecular flexibility index (Phi) is 5.74. The van der Waals surface area contributed by atoms with Crippen LogP contribution < -0.4 is 14.2 Å². The summed E-state index contributed by atoms with van der Waals surface area (Å²) in [6.45, 7) is -0.174. The molecule has 0 saturated carbocycles. The van der Waals surface area contributed by atoms with Crippen LogP contribution in [-0.2, 0) is 11.3 Å². The lowest BCUT2D eigenvalue weighted by Crippen LogP contribution is -2.28. The third kappa shape index (κ3) is 3.66. The SMILES string of the molecule is COc1cc(OC)c(C2SCC(=O)N2Cc2c(F)cccc2F)cc1OC. The molecule has 0 radical (unpaired) electrons. The Bertz CT molecular complexity index is 842. The number of amides is 1. The number of halogens is 2. The average molecular weight is 395 g/mol. The summed E-state index contributed by atoms with van der Waals surface area (Å²) in [6, 6.07) is 7.04. The summed E-state index contributed by atoms with van der Waals surface area (Å²) < 4.78 is 44.2. The minimum absolute atomic E-state index is 0.141. The topological polar surface area (TPSA) is 48.0 Å². The van der Waals surface area contributed by atoms with E-state index in [0.717, 1.165) is 0 Å². The van der Waals surface area contributed by atoms with Crippen molar-refractivity contribution in [3.8, 4) is 17.2 Å². The monoisotopic (exact) mass is 395 g/mol. The third-order valence-electron chi connectivity index (χ3n) is 4.36. The van der Waals surface area contributed by atoms with E-state index in [1.807, 2.05) is 0 Å². The van der Waals surface area contributed by atoms with Gasteiger partial charge in [-0.3, -0.25) is 4.79 Å². The highest BCUT2D eigenvalue weighted by Gasteiger charge is 2.36. The molecule has 27 heavy (non-hydrogen) atoms. The highest BCUT2D eigenvalue weighted by molar-refractivity contribution is 8.00. The van der Waals surface area contributed by atoms with Crippen LogP contribution in [0, 0.1) is 11.6 Å². The van der Waals surface area contributed by atoms with E-state index in [4.69, 9.17) is 14.2 Å². The Balaban J connectivity index is 2.01. The molecule has 1 atom stereocenters. The number of carbonyl (C=O) groups excluding carboxylic acids is 1. The van der Waals surface area contributed by atoms with Crippen LogP contribution in [0.1, 0.15) is 16.5 Å². The van der Waals surface area contributed by atoms with Crippen molar-refractivity contribution in [3.63, 3.8) is 0 Å². The molecule has 2 aromatic carbocycles. The molecule has 1 aliphatic heterocycles. The van der Waals surface area contributed by atoms with Gasteiger partial charge in [0.1, 0.15) is 22.8 Å². The molecule has 1 unspecified atom stereocenters. The third-order valence-corrected chi connectivity index (χ3v) is 5.60. The summed E-state index contributed by atoms with van der Waals surface area (Å²) in [4.78, 5) is 13.9. The molecular weight excluding hydrogens is 376 g/mol. The maximum atomic E-state index is 14.1. The number of hydrogen-bond acceptors (Lipinski definition) is 5. The average Bonchev–Trinajstić information content (AvgIpc) is 3.03. The van der Waals surface area contributed by atoms with Crippen LogP contribution in [0.2, 0.25) is 0 Å². The van der Waals surface area contributed by atoms with Gasteiger partial charge in [0.15, 0.2) is 11.5 Å². The summed E-state index contributed by atoms with van der Waals surface area (Å²) in [6.07, 6.45) is 0. The van der Waals surface area contributed by atoms with E-state index in [1.165, 1.54) is 56.2 Å². The van der Waals surface area contributed by atoms with Gasteiger partial charge in [-0.15, -0.1) is 11.8 Å². The molecule has 1 saturated heterocycles. The number of carbonyl (C=O) groups is 1. The fourth-order valence-corrected chi connectivity index (χ4v) is 4.18. The lowest BCUT2D eigenvalue weighted by Gasteiger charge is -2.26. The highest BCUT2D eigenvalue weighted by atomic mass is 32.2. The van der Waals surface area contributed by atoms with Crippen LogP contribution in [-0.4, -0.2) is 37.9 Å². The Labute approximate surface area is 160 Å². The molecule has 0 bridgehead atoms. The zero-order valence-electron chi connectivity index (χ0n) is 15.1. The molecule has 3 rings (SSSR count). The van der Waals surface area contributed by atoms with Crippen LogP contribution in [0.5, 0.6) is 17.2 Å². The minimum Gasteiger partial charge on any atom is -0.496 e. The first kappa shape index (κ1) is 19.3. The van der Waals surface area contributed by atoms with Gasteiger partial charge in [-0.05, 0) is 18.2 Å². The van der Waals surface area contributed by atoms with Crippen molar-refractivity contribution < 1.29 is 27.8 Å². The summed E-state index contributed by atoms with van der Waals surface area (Å²) in [5, 5.41) is -0.466. The number of nitrogens with zero attached hydrogens (tertiary/aromatic N) is 1. The Morgan fingerprint density at radius 2 is 1.63 bits per heavy atom. The zero-order chi connectivity index (χ0) is 19.6. The number of benzene rings is 2. The predicted molar refractivity (Wildman–Crippen MR) is 98.2 cm³/mol. The maximum absolute atomic E-state index is 14.1. The Hall–Kier alpha value is -2.48. The second kappa shape index (κ2) is 8.04. The molecule has 1 aliphatic rings. The van der Waals surface area contributed by atoms with Gasteiger partial charge < -0.3 is 19.1 Å². The summed E-state index contributed by atoms with van der Waals surface area (Å²) >= 11 is 1.36. The second-order valence-electron chi connectivity index (χ2n) is 5.83. The molecular formula is C19H19F2NO4S. The van der Waals surface area contributed by atoms with Crippen LogP contribution in [0.25, 0.3) is 0 Å². The van der Waals surface area contributed by atoms with E-state index in [0.29, 0.717) is 22.8 Å². The first-order chi connectivity index (χ1) is 13.0. The lowest BCUT2D eigenvalue weighted by atomic mass is 10.1. The molecule has 1 amide bonds. The van der Waals surface area contributed by atoms with E-state index >= 15 is 0 Å². The molecule has 2 aromatic rings. The van der Waals surface area contributed by atoms with E-state index in [-0.39, 0.29) is 23.8 Å². The van der Waals surface area contributed by atoms with Crippen molar-refractivity contribution in [3.05, 3.63) is 53.1 Å². The van der Waals surface area contributed by atoms with Gasteiger partial charge in [-0.2, -0.15) is 0 Å². The van der Waals surface area contributed by atoms with Crippen molar-refractivity contribution in [2.45, 2.75) is 11.9 Å². The minimum atomic E-state index is -0.683. The molecule has 5 nitrogen and oxygen atoms in total. The largest absolute Gasteiger partial charge is 0.496 e. The van der Waals surface area contributed by atoms with Crippen LogP contribution in [0.15, 0.2) is 30.3 Å². The normalized spacial score (nSPS) is 16.6. The second-order valence-corrected chi connectivity index (χ2v) is 6.90. The van der Waals surface area contributed by atoms with Crippen molar-refractivity contribution in [1.82, 2.24) is 4.90 Å². The van der Waals surface area contributed by atoms with Crippen LogP contribution >= 0.6 is 11.8 Å². The van der Waals surface area contributed by atoms with Gasteiger partial charge in [0, 0.05) is 17.2 Å². The number of ether oxygens (including phenoxy) is 3. The smallest absolute Gasteiger partial charge is 0.234 e. The van der Waals surface area contributed by atoms with Crippen molar-refractivity contribution in [2.75, 3.05) is 27.1 Å². The first-order valence-electron chi connectivity index (χ1n) is 8.14. The fraction of sp³-hybridized carbons (Fsp3) is 0.316. The molecule has 144 valence electrons. The molecule has 0 spiro atoms. The molecule has 0 aromatic heterocycles. The molecule has 1 heterocycles. The summed E-state index contributed by atoms with van der Waals surface area (Å²) in [7, 11) is 4.53. The highest BCUT2D eigenvalue weighted by Crippen LogP contribution is 2.47. The Morgan fingerprint density at radius 3 is 2.22 bits per heavy atom. The number of rotatable bonds is 6. The lowest BCUT2D eigenvalue weighted by molar-refractivity contribution is -0.128. The summed E-state index contributed by atoms with van der Waals surface area (Å²) in [5.74, 6) is 0.0984. The number of thioether (sulfide) groups is 1. The predicted octanol–water partition coefficient (Wildman–Crippen LogP) is 3.76. The molecule has 0 aliphatic carbocycles. The van der Waals surface area contributed by atoms with Crippen molar-refractivity contribution >= 4 is 17.7 Å². The van der Waals surface area contributed by atoms with Gasteiger partial charge in [0.2, 0.25) is 5.91 Å². The standard InChI is InChI=1S/C19H19F2NO4S/c1-24-15-8-17(26-3)16(25-2)7-11(15)19-22(18(23)10-27-19)9-12-13(20)5-4-6-14(12)21/h4-8,19H,9-10H2,1-3H3. The maximum Gasteiger partial charge on any atom is 0.234 e. The summed E-state index contributed by atoms with van der Waals surface area (Å²) in [5.41, 5.74) is 0.528. The molecule has 0 N–H and O–H groups in total. The molecule has 1 fully saturated rings. The van der Waals surface area contributed by atoms with Crippen LogP contribution in [0.3, 0.4) is 0 Å². The van der Waals surface area contributed by atoms with Crippen molar-refractivity contribution in [1.29, 1.82) is 0 Å². The number of hydrogen-bond donors (Lipinski definition) is 0. The van der Waals surface area contributed by atoms with Crippen LogP contribution in [0.4, 0.5) is 8.78 Å². The van der Waals surface area contributed by atoms with E-state index in [9.17, 15) is 13.6 Å². The quantitative estimate of drug-likeness (QED) is 0.745. The number of methoxy groups -OCH3 is 3. The van der Waals surface area contributed by atoms with Gasteiger partial charge in [-0.1, -0.05) is 6.07 Å². The van der Waals surface area contributed by atoms with E-state index < -0.39 is 17.0 Å². The van der Waals surface area contributed by atoms with Gasteiger partial charge >= 0.3 is 0 Å². The van der Waals surface area contributed by atoms with Gasteiger partial charge in [0.05, 0.1) is 33.6 Å². The van der Waals surface area contributed by atoms with Crippen molar-refractivity contribution in [2.24, 2.45) is 0 Å². The van der Waals surface area contributed by atoms with Gasteiger partial charge in [-0.25, -0.2) is 8.78 Å².